The van der Waals surface area contributed by atoms with Gasteiger partial charge in [0.15, 0.2) is 0 Å². The van der Waals surface area contributed by atoms with Crippen molar-refractivity contribution in [1.29, 1.82) is 0 Å². The molecule has 4 nitrogen and oxygen atoms in total. The number of rotatable bonds is 4. The van der Waals surface area contributed by atoms with Crippen LogP contribution in [0.3, 0.4) is 0 Å². The Kier molecular flexibility index (Phi) is 5.99. The van der Waals surface area contributed by atoms with E-state index in [1.165, 1.54) is 12.1 Å². The maximum Gasteiger partial charge on any atom is 0.409 e. The number of hydrogen-bond acceptors (Lipinski definition) is 3. The fourth-order valence-electron chi connectivity index (χ4n) is 2.46. The van der Waals surface area contributed by atoms with Gasteiger partial charge in [-0.05, 0) is 43.5 Å². The van der Waals surface area contributed by atoms with Crippen LogP contribution in [0.1, 0.15) is 25.3 Å². The fourth-order valence-corrected chi connectivity index (χ4v) is 2.97. The number of amides is 1. The standard InChI is InChI=1S/C15H20BrFN2O2/c1-2-21-15(20)19-5-3-14(4-6-19)18-10-11-7-12(16)9-13(17)8-11/h7-9,14,18H,2-6,10H2,1H3. The zero-order valence-electron chi connectivity index (χ0n) is 12.1. The Morgan fingerprint density at radius 2 is 2.14 bits per heavy atom. The number of carbonyl (C=O) groups is 1. The molecule has 1 aromatic carbocycles. The Bertz CT molecular complexity index is 470. The molecule has 1 N–H and O–H groups in total. The third kappa shape index (κ3) is 4.97. The topological polar surface area (TPSA) is 41.6 Å². The Morgan fingerprint density at radius 1 is 1.43 bits per heavy atom. The van der Waals surface area contributed by atoms with Gasteiger partial charge in [-0.2, -0.15) is 0 Å². The van der Waals surface area contributed by atoms with E-state index in [0.29, 0.717) is 32.3 Å². The highest BCUT2D eigenvalue weighted by Crippen LogP contribution is 2.16. The van der Waals surface area contributed by atoms with Gasteiger partial charge in [-0.25, -0.2) is 9.18 Å². The molecule has 6 heteroatoms. The molecular formula is C15H20BrFN2O2. The van der Waals surface area contributed by atoms with Crippen LogP contribution in [-0.2, 0) is 11.3 Å². The van der Waals surface area contributed by atoms with E-state index in [9.17, 15) is 9.18 Å². The van der Waals surface area contributed by atoms with Crippen molar-refractivity contribution in [2.75, 3.05) is 19.7 Å². The molecule has 1 fully saturated rings. The average Bonchev–Trinajstić information content (AvgIpc) is 2.45. The third-order valence-electron chi connectivity index (χ3n) is 3.54. The fraction of sp³-hybridized carbons (Fsp3) is 0.533. The smallest absolute Gasteiger partial charge is 0.409 e. The molecule has 1 heterocycles. The van der Waals surface area contributed by atoms with E-state index in [2.05, 4.69) is 21.2 Å². The third-order valence-corrected chi connectivity index (χ3v) is 4.00. The summed E-state index contributed by atoms with van der Waals surface area (Å²) in [6.07, 6.45) is 1.54. The second-order valence-electron chi connectivity index (χ2n) is 5.12. The number of halogens is 2. The van der Waals surface area contributed by atoms with Crippen molar-refractivity contribution in [3.8, 4) is 0 Å². The van der Waals surface area contributed by atoms with Crippen molar-refractivity contribution >= 4 is 22.0 Å². The van der Waals surface area contributed by atoms with Crippen molar-refractivity contribution in [3.63, 3.8) is 0 Å². The first-order chi connectivity index (χ1) is 10.1. The Balaban J connectivity index is 1.77. The zero-order valence-corrected chi connectivity index (χ0v) is 13.7. The van der Waals surface area contributed by atoms with Crippen molar-refractivity contribution < 1.29 is 13.9 Å². The lowest BCUT2D eigenvalue weighted by atomic mass is 10.0. The predicted octanol–water partition coefficient (Wildman–Crippen LogP) is 3.30. The Labute approximate surface area is 132 Å². The van der Waals surface area contributed by atoms with Crippen LogP contribution >= 0.6 is 15.9 Å². The Morgan fingerprint density at radius 3 is 2.76 bits per heavy atom. The van der Waals surface area contributed by atoms with Crippen molar-refractivity contribution in [3.05, 3.63) is 34.1 Å². The lowest BCUT2D eigenvalue weighted by Crippen LogP contribution is -2.44. The number of carbonyl (C=O) groups excluding carboxylic acids is 1. The van der Waals surface area contributed by atoms with Crippen molar-refractivity contribution in [2.45, 2.75) is 32.4 Å². The summed E-state index contributed by atoms with van der Waals surface area (Å²) in [6, 6.07) is 5.23. The Hall–Kier alpha value is -1.14. The number of benzene rings is 1. The molecule has 0 saturated carbocycles. The van der Waals surface area contributed by atoms with Gasteiger partial charge in [0, 0.05) is 30.1 Å². The minimum atomic E-state index is -0.238. The number of ether oxygens (including phenoxy) is 1. The van der Waals surface area contributed by atoms with Gasteiger partial charge in [-0.3, -0.25) is 0 Å². The molecular weight excluding hydrogens is 339 g/mol. The van der Waals surface area contributed by atoms with E-state index in [4.69, 9.17) is 4.74 Å². The van der Waals surface area contributed by atoms with E-state index in [-0.39, 0.29) is 11.9 Å². The summed E-state index contributed by atoms with van der Waals surface area (Å²) in [6.45, 7) is 4.24. The lowest BCUT2D eigenvalue weighted by molar-refractivity contribution is 0.0950. The van der Waals surface area contributed by atoms with Crippen molar-refractivity contribution in [2.24, 2.45) is 0 Å². The van der Waals surface area contributed by atoms with Gasteiger partial charge in [-0.1, -0.05) is 15.9 Å². The lowest BCUT2D eigenvalue weighted by Gasteiger charge is -2.31. The average molecular weight is 359 g/mol. The minimum absolute atomic E-state index is 0.231. The number of nitrogens with one attached hydrogen (secondary N) is 1. The minimum Gasteiger partial charge on any atom is -0.450 e. The number of nitrogens with zero attached hydrogens (tertiary/aromatic N) is 1. The molecule has 0 atom stereocenters. The van der Waals surface area contributed by atoms with Crippen LogP contribution in [0.25, 0.3) is 0 Å². The number of likely N-dealkylation sites (tertiary alicyclic amines) is 1. The molecule has 21 heavy (non-hydrogen) atoms. The molecule has 116 valence electrons. The second-order valence-corrected chi connectivity index (χ2v) is 6.03. The summed E-state index contributed by atoms with van der Waals surface area (Å²) in [4.78, 5) is 13.3. The highest BCUT2D eigenvalue weighted by atomic mass is 79.9. The molecule has 1 saturated heterocycles. The molecule has 0 unspecified atom stereocenters. The van der Waals surface area contributed by atoms with Crippen LogP contribution in [0.4, 0.5) is 9.18 Å². The van der Waals surface area contributed by atoms with E-state index < -0.39 is 0 Å². The number of piperidine rings is 1. The first kappa shape index (κ1) is 16.2. The predicted molar refractivity (Wildman–Crippen MR) is 82.6 cm³/mol. The van der Waals surface area contributed by atoms with Crippen LogP contribution in [0.5, 0.6) is 0 Å². The summed E-state index contributed by atoms with van der Waals surface area (Å²) < 4.78 is 19.0. The van der Waals surface area contributed by atoms with Gasteiger partial charge >= 0.3 is 6.09 Å². The number of hydrogen-bond donors (Lipinski definition) is 1. The molecule has 1 aromatic rings. The maximum atomic E-state index is 13.3. The zero-order chi connectivity index (χ0) is 15.2. The summed E-state index contributed by atoms with van der Waals surface area (Å²) in [5, 5.41) is 3.42. The van der Waals surface area contributed by atoms with Crippen LogP contribution in [-0.4, -0.2) is 36.7 Å². The SMILES string of the molecule is CCOC(=O)N1CCC(NCc2cc(F)cc(Br)c2)CC1. The summed E-state index contributed by atoms with van der Waals surface area (Å²) in [7, 11) is 0. The van der Waals surface area contributed by atoms with Gasteiger partial charge in [0.2, 0.25) is 0 Å². The first-order valence-corrected chi connectivity index (χ1v) is 7.98. The van der Waals surface area contributed by atoms with Crippen LogP contribution < -0.4 is 5.32 Å². The molecule has 1 amide bonds. The van der Waals surface area contributed by atoms with Crippen LogP contribution in [0.2, 0.25) is 0 Å². The van der Waals surface area contributed by atoms with Crippen molar-refractivity contribution in [1.82, 2.24) is 10.2 Å². The quantitative estimate of drug-likeness (QED) is 0.897. The van der Waals surface area contributed by atoms with E-state index in [1.807, 2.05) is 13.0 Å². The normalized spacial score (nSPS) is 16.0. The highest BCUT2D eigenvalue weighted by Gasteiger charge is 2.23. The largest absolute Gasteiger partial charge is 0.450 e. The molecule has 1 aliphatic heterocycles. The van der Waals surface area contributed by atoms with Gasteiger partial charge < -0.3 is 15.0 Å². The molecule has 2 rings (SSSR count). The second kappa shape index (κ2) is 7.75. The molecule has 0 aromatic heterocycles. The van der Waals surface area contributed by atoms with Gasteiger partial charge in [0.05, 0.1) is 6.61 Å². The van der Waals surface area contributed by atoms with Gasteiger partial charge in [-0.15, -0.1) is 0 Å². The summed E-state index contributed by atoms with van der Waals surface area (Å²) >= 11 is 3.29. The molecule has 0 bridgehead atoms. The van der Waals surface area contributed by atoms with E-state index in [0.717, 1.165) is 22.9 Å². The van der Waals surface area contributed by atoms with Gasteiger partial charge in [0.25, 0.3) is 0 Å². The van der Waals surface area contributed by atoms with Crippen LogP contribution in [0, 0.1) is 5.82 Å². The molecule has 1 aliphatic rings. The molecule has 0 spiro atoms. The molecule has 0 aliphatic carbocycles. The van der Waals surface area contributed by atoms with Crippen LogP contribution in [0.15, 0.2) is 22.7 Å². The molecule has 0 radical (unpaired) electrons. The van der Waals surface area contributed by atoms with E-state index in [1.54, 1.807) is 4.90 Å². The van der Waals surface area contributed by atoms with E-state index >= 15 is 0 Å². The monoisotopic (exact) mass is 358 g/mol. The van der Waals surface area contributed by atoms with Gasteiger partial charge in [0.1, 0.15) is 5.82 Å². The summed E-state index contributed by atoms with van der Waals surface area (Å²) in [5.41, 5.74) is 0.912. The first-order valence-electron chi connectivity index (χ1n) is 7.18. The maximum absolute atomic E-state index is 13.3. The highest BCUT2D eigenvalue weighted by molar-refractivity contribution is 9.10. The summed E-state index contributed by atoms with van der Waals surface area (Å²) in [5.74, 6) is -0.238.